The first-order valence-corrected chi connectivity index (χ1v) is 5.49. The molecule has 0 fully saturated rings. The van der Waals surface area contributed by atoms with Crippen molar-refractivity contribution in [1.82, 2.24) is 25.9 Å². The smallest absolute Gasteiger partial charge is 0.252 e. The summed E-state index contributed by atoms with van der Waals surface area (Å²) in [6, 6.07) is 3.46. The molecule has 100 valence electrons. The van der Waals surface area contributed by atoms with Crippen molar-refractivity contribution in [2.75, 3.05) is 7.11 Å². The van der Waals surface area contributed by atoms with Gasteiger partial charge in [0.2, 0.25) is 0 Å². The van der Waals surface area contributed by atoms with Gasteiger partial charge in [-0.1, -0.05) is 5.21 Å². The van der Waals surface area contributed by atoms with E-state index < -0.39 is 11.9 Å². The number of rotatable bonds is 4. The molecular formula is C11H12FN5O2. The van der Waals surface area contributed by atoms with Crippen molar-refractivity contribution in [1.29, 1.82) is 0 Å². The van der Waals surface area contributed by atoms with Crippen LogP contribution in [0.25, 0.3) is 0 Å². The Morgan fingerprint density at radius 3 is 2.95 bits per heavy atom. The second-order valence-electron chi connectivity index (χ2n) is 3.81. The molecule has 0 aliphatic heterocycles. The van der Waals surface area contributed by atoms with Crippen LogP contribution in [0.1, 0.15) is 29.1 Å². The van der Waals surface area contributed by atoms with E-state index in [1.165, 1.54) is 25.3 Å². The van der Waals surface area contributed by atoms with Crippen LogP contribution in [0, 0.1) is 5.82 Å². The van der Waals surface area contributed by atoms with Crippen molar-refractivity contribution in [2.45, 2.75) is 13.0 Å². The molecular weight excluding hydrogens is 253 g/mol. The normalized spacial score (nSPS) is 11.9. The summed E-state index contributed by atoms with van der Waals surface area (Å²) in [4.78, 5) is 12.0. The van der Waals surface area contributed by atoms with Crippen LogP contribution in [0.3, 0.4) is 0 Å². The number of nitrogens with zero attached hydrogens (tertiary/aromatic N) is 3. The van der Waals surface area contributed by atoms with E-state index in [9.17, 15) is 9.18 Å². The van der Waals surface area contributed by atoms with Crippen LogP contribution in [0.2, 0.25) is 0 Å². The molecule has 0 aliphatic rings. The average Bonchev–Trinajstić information content (AvgIpc) is 2.93. The lowest BCUT2D eigenvalue weighted by molar-refractivity contribution is 0.0938. The molecule has 8 heteroatoms. The van der Waals surface area contributed by atoms with Crippen molar-refractivity contribution in [3.05, 3.63) is 35.4 Å². The van der Waals surface area contributed by atoms with Crippen molar-refractivity contribution >= 4 is 5.91 Å². The van der Waals surface area contributed by atoms with Gasteiger partial charge >= 0.3 is 0 Å². The summed E-state index contributed by atoms with van der Waals surface area (Å²) in [5.74, 6) is -0.525. The summed E-state index contributed by atoms with van der Waals surface area (Å²) in [6.07, 6.45) is 0. The number of amides is 1. The van der Waals surface area contributed by atoms with Crippen LogP contribution >= 0.6 is 0 Å². The van der Waals surface area contributed by atoms with Gasteiger partial charge in [0, 0.05) is 5.56 Å². The first-order chi connectivity index (χ1) is 9.11. The second-order valence-corrected chi connectivity index (χ2v) is 3.81. The molecule has 7 nitrogen and oxygen atoms in total. The summed E-state index contributed by atoms with van der Waals surface area (Å²) < 4.78 is 18.0. The molecule has 2 rings (SSSR count). The van der Waals surface area contributed by atoms with Crippen LogP contribution < -0.4 is 10.1 Å². The third kappa shape index (κ3) is 2.84. The minimum Gasteiger partial charge on any atom is -0.494 e. The molecule has 0 bridgehead atoms. The molecule has 0 saturated heterocycles. The Morgan fingerprint density at radius 1 is 1.53 bits per heavy atom. The average molecular weight is 265 g/mol. The van der Waals surface area contributed by atoms with Gasteiger partial charge in [0.15, 0.2) is 17.4 Å². The third-order valence-corrected chi connectivity index (χ3v) is 2.51. The zero-order chi connectivity index (χ0) is 13.8. The fourth-order valence-electron chi connectivity index (χ4n) is 1.50. The Labute approximate surface area is 108 Å². The largest absolute Gasteiger partial charge is 0.494 e. The number of tetrazole rings is 1. The van der Waals surface area contributed by atoms with Crippen LogP contribution in [-0.4, -0.2) is 33.6 Å². The summed E-state index contributed by atoms with van der Waals surface area (Å²) in [7, 11) is 1.34. The van der Waals surface area contributed by atoms with E-state index in [1.807, 2.05) is 0 Å². The summed E-state index contributed by atoms with van der Waals surface area (Å²) in [5, 5.41) is 15.9. The molecule has 1 unspecified atom stereocenters. The fraction of sp³-hybridized carbons (Fsp3) is 0.273. The van der Waals surface area contributed by atoms with E-state index in [-0.39, 0.29) is 17.2 Å². The van der Waals surface area contributed by atoms with E-state index in [0.717, 1.165) is 0 Å². The molecule has 2 aromatic rings. The number of ether oxygens (including phenoxy) is 1. The quantitative estimate of drug-likeness (QED) is 0.854. The van der Waals surface area contributed by atoms with Gasteiger partial charge in [-0.05, 0) is 25.1 Å². The molecule has 2 N–H and O–H groups in total. The standard InChI is InChI=1S/C11H12FN5O2/c1-6(10-14-16-17-15-10)13-11(18)7-3-4-8(12)9(5-7)19-2/h3-6H,1-2H3,(H,13,18)(H,14,15,16,17). The number of carbonyl (C=O) groups excluding carboxylic acids is 1. The van der Waals surface area contributed by atoms with E-state index in [1.54, 1.807) is 6.92 Å². The number of aromatic nitrogens is 4. The lowest BCUT2D eigenvalue weighted by Crippen LogP contribution is -2.27. The minimum atomic E-state index is -0.523. The molecule has 0 aliphatic carbocycles. The van der Waals surface area contributed by atoms with Crippen LogP contribution in [-0.2, 0) is 0 Å². The van der Waals surface area contributed by atoms with Crippen molar-refractivity contribution in [2.24, 2.45) is 0 Å². The highest BCUT2D eigenvalue weighted by atomic mass is 19.1. The number of halogens is 1. The van der Waals surface area contributed by atoms with Crippen molar-refractivity contribution in [3.8, 4) is 5.75 Å². The van der Waals surface area contributed by atoms with Gasteiger partial charge in [0.1, 0.15) is 0 Å². The van der Waals surface area contributed by atoms with E-state index in [0.29, 0.717) is 5.82 Å². The predicted molar refractivity (Wildman–Crippen MR) is 63.0 cm³/mol. The van der Waals surface area contributed by atoms with E-state index in [2.05, 4.69) is 25.9 Å². The Morgan fingerprint density at radius 2 is 2.32 bits per heavy atom. The Balaban J connectivity index is 2.12. The van der Waals surface area contributed by atoms with Crippen molar-refractivity contribution in [3.63, 3.8) is 0 Å². The van der Waals surface area contributed by atoms with Gasteiger partial charge in [-0.3, -0.25) is 4.79 Å². The predicted octanol–water partition coefficient (Wildman–Crippen LogP) is 0.838. The highest BCUT2D eigenvalue weighted by molar-refractivity contribution is 5.94. The Hall–Kier alpha value is -2.51. The summed E-state index contributed by atoms with van der Waals surface area (Å²) in [6.45, 7) is 1.71. The molecule has 1 aromatic carbocycles. The maximum absolute atomic E-state index is 13.2. The topological polar surface area (TPSA) is 92.8 Å². The van der Waals surface area contributed by atoms with Gasteiger partial charge in [0.25, 0.3) is 5.91 Å². The zero-order valence-electron chi connectivity index (χ0n) is 10.3. The van der Waals surface area contributed by atoms with Crippen molar-refractivity contribution < 1.29 is 13.9 Å². The molecule has 1 aromatic heterocycles. The first kappa shape index (κ1) is 12.9. The lowest BCUT2D eigenvalue weighted by atomic mass is 10.2. The van der Waals surface area contributed by atoms with Gasteiger partial charge in [-0.15, -0.1) is 10.2 Å². The van der Waals surface area contributed by atoms with Gasteiger partial charge in [0.05, 0.1) is 13.2 Å². The minimum absolute atomic E-state index is 0.0138. The van der Waals surface area contributed by atoms with Gasteiger partial charge in [-0.2, -0.15) is 5.21 Å². The highest BCUT2D eigenvalue weighted by Gasteiger charge is 2.16. The van der Waals surface area contributed by atoms with Crippen LogP contribution in [0.5, 0.6) is 5.75 Å². The van der Waals surface area contributed by atoms with E-state index in [4.69, 9.17) is 4.74 Å². The fourth-order valence-corrected chi connectivity index (χ4v) is 1.50. The third-order valence-electron chi connectivity index (χ3n) is 2.51. The number of hydrogen-bond acceptors (Lipinski definition) is 5. The number of H-pyrrole nitrogens is 1. The van der Waals surface area contributed by atoms with Crippen LogP contribution in [0.4, 0.5) is 4.39 Å². The number of methoxy groups -OCH3 is 1. The Bertz CT molecular complexity index is 572. The second kappa shape index (κ2) is 5.42. The Kier molecular flexibility index (Phi) is 3.69. The SMILES string of the molecule is COc1cc(C(=O)NC(C)c2nn[nH]n2)ccc1F. The first-order valence-electron chi connectivity index (χ1n) is 5.49. The number of nitrogens with one attached hydrogen (secondary N) is 2. The van der Waals surface area contributed by atoms with E-state index >= 15 is 0 Å². The van der Waals surface area contributed by atoms with Crippen LogP contribution in [0.15, 0.2) is 18.2 Å². The number of hydrogen-bond donors (Lipinski definition) is 2. The maximum Gasteiger partial charge on any atom is 0.252 e. The molecule has 1 amide bonds. The monoisotopic (exact) mass is 265 g/mol. The lowest BCUT2D eigenvalue weighted by Gasteiger charge is -2.10. The highest BCUT2D eigenvalue weighted by Crippen LogP contribution is 2.18. The number of benzene rings is 1. The summed E-state index contributed by atoms with van der Waals surface area (Å²) in [5.41, 5.74) is 0.286. The maximum atomic E-state index is 13.2. The molecule has 0 saturated carbocycles. The number of carbonyl (C=O) groups is 1. The zero-order valence-corrected chi connectivity index (χ0v) is 10.3. The van der Waals surface area contributed by atoms with Gasteiger partial charge in [-0.25, -0.2) is 4.39 Å². The number of aromatic amines is 1. The molecule has 1 heterocycles. The summed E-state index contributed by atoms with van der Waals surface area (Å²) >= 11 is 0. The molecule has 19 heavy (non-hydrogen) atoms. The molecule has 0 radical (unpaired) electrons. The molecule has 1 atom stereocenters. The van der Waals surface area contributed by atoms with Gasteiger partial charge < -0.3 is 10.1 Å². The molecule has 0 spiro atoms.